The molecule has 0 N–H and O–H groups in total. The highest BCUT2D eigenvalue weighted by Gasteiger charge is 2.45. The van der Waals surface area contributed by atoms with E-state index < -0.39 is 0 Å². The Bertz CT molecular complexity index is 1060. The fraction of sp³-hybridized carbons (Fsp3) is 0.304. The van der Waals surface area contributed by atoms with E-state index >= 15 is 0 Å². The molecule has 2 heteroatoms. The van der Waals surface area contributed by atoms with Gasteiger partial charge in [-0.2, -0.15) is 0 Å². The van der Waals surface area contributed by atoms with Crippen molar-refractivity contribution < 1.29 is 0 Å². The van der Waals surface area contributed by atoms with Crippen molar-refractivity contribution in [2.75, 3.05) is 0 Å². The number of nitrogens with zero attached hydrogens (tertiary/aromatic N) is 2. The van der Waals surface area contributed by atoms with Crippen molar-refractivity contribution in [2.45, 2.75) is 45.4 Å². The van der Waals surface area contributed by atoms with Gasteiger partial charge in [0.05, 0.1) is 11.4 Å². The second-order valence-electron chi connectivity index (χ2n) is 8.41. The standard InChI is InChI=1S/C23H22N2/c1-13-8-10-17-21(25-13)18-15(22(17,2)3)11-9-14-19(18)23(4,5)16-7-6-12-24-20(14)16/h6-12H,1-5H3. The van der Waals surface area contributed by atoms with Crippen molar-refractivity contribution in [1.82, 2.24) is 9.97 Å². The van der Waals surface area contributed by atoms with Gasteiger partial charge in [-0.1, -0.05) is 52.0 Å². The fourth-order valence-electron chi connectivity index (χ4n) is 4.87. The molecule has 2 nitrogen and oxygen atoms in total. The summed E-state index contributed by atoms with van der Waals surface area (Å²) in [7, 11) is 0. The molecule has 0 saturated heterocycles. The first-order valence-electron chi connectivity index (χ1n) is 8.96. The first-order chi connectivity index (χ1) is 11.8. The zero-order chi connectivity index (χ0) is 17.6. The summed E-state index contributed by atoms with van der Waals surface area (Å²) in [6, 6.07) is 13.2. The molecule has 0 fully saturated rings. The van der Waals surface area contributed by atoms with Crippen LogP contribution in [-0.4, -0.2) is 9.97 Å². The third kappa shape index (κ3) is 1.65. The van der Waals surface area contributed by atoms with Crippen molar-refractivity contribution in [3.8, 4) is 22.5 Å². The van der Waals surface area contributed by atoms with Crippen LogP contribution in [0.25, 0.3) is 22.5 Å². The summed E-state index contributed by atoms with van der Waals surface area (Å²) in [5.74, 6) is 0. The van der Waals surface area contributed by atoms with E-state index in [-0.39, 0.29) is 10.8 Å². The number of hydrogen-bond acceptors (Lipinski definition) is 2. The van der Waals surface area contributed by atoms with Gasteiger partial charge in [0, 0.05) is 33.8 Å². The molecule has 25 heavy (non-hydrogen) atoms. The van der Waals surface area contributed by atoms with Gasteiger partial charge < -0.3 is 0 Å². The zero-order valence-corrected chi connectivity index (χ0v) is 15.4. The summed E-state index contributed by atoms with van der Waals surface area (Å²) in [6.45, 7) is 11.3. The van der Waals surface area contributed by atoms with Gasteiger partial charge in [0.25, 0.3) is 0 Å². The average Bonchev–Trinajstić information content (AvgIpc) is 2.95. The molecule has 0 aliphatic heterocycles. The molecule has 124 valence electrons. The van der Waals surface area contributed by atoms with Crippen molar-refractivity contribution >= 4 is 0 Å². The highest BCUT2D eigenvalue weighted by atomic mass is 14.8. The smallest absolute Gasteiger partial charge is 0.0752 e. The van der Waals surface area contributed by atoms with E-state index in [1.165, 1.54) is 33.4 Å². The lowest BCUT2D eigenvalue weighted by Gasteiger charge is -2.25. The number of aromatic nitrogens is 2. The predicted octanol–water partition coefficient (Wildman–Crippen LogP) is 5.40. The van der Waals surface area contributed by atoms with Crippen LogP contribution in [0, 0.1) is 6.92 Å². The van der Waals surface area contributed by atoms with Crippen molar-refractivity contribution in [1.29, 1.82) is 0 Å². The number of fused-ring (bicyclic) bond motifs is 7. The Morgan fingerprint density at radius 1 is 0.760 bits per heavy atom. The third-order valence-corrected chi connectivity index (χ3v) is 6.18. The minimum Gasteiger partial charge on any atom is -0.256 e. The predicted molar refractivity (Wildman–Crippen MR) is 102 cm³/mol. The molecule has 0 bridgehead atoms. The van der Waals surface area contributed by atoms with Crippen LogP contribution in [0.15, 0.2) is 42.6 Å². The van der Waals surface area contributed by atoms with Crippen LogP contribution in [0.4, 0.5) is 0 Å². The third-order valence-electron chi connectivity index (χ3n) is 6.18. The van der Waals surface area contributed by atoms with Gasteiger partial charge in [-0.25, -0.2) is 0 Å². The summed E-state index contributed by atoms with van der Waals surface area (Å²) in [6.07, 6.45) is 1.90. The molecule has 2 aromatic heterocycles. The summed E-state index contributed by atoms with van der Waals surface area (Å²) >= 11 is 0. The van der Waals surface area contributed by atoms with Crippen LogP contribution in [0.2, 0.25) is 0 Å². The summed E-state index contributed by atoms with van der Waals surface area (Å²) in [5.41, 5.74) is 11.3. The van der Waals surface area contributed by atoms with Gasteiger partial charge in [0.1, 0.15) is 0 Å². The Hall–Kier alpha value is -2.48. The molecule has 0 saturated carbocycles. The lowest BCUT2D eigenvalue weighted by atomic mass is 9.77. The molecule has 0 unspecified atom stereocenters. The Balaban J connectivity index is 1.94. The number of hydrogen-bond donors (Lipinski definition) is 0. The van der Waals surface area contributed by atoms with Crippen molar-refractivity contribution in [3.05, 3.63) is 70.5 Å². The lowest BCUT2D eigenvalue weighted by molar-refractivity contribution is 0.647. The van der Waals surface area contributed by atoms with E-state index in [1.807, 2.05) is 12.3 Å². The van der Waals surface area contributed by atoms with Gasteiger partial charge in [0.15, 0.2) is 0 Å². The molecule has 3 aromatic rings. The van der Waals surface area contributed by atoms with E-state index in [2.05, 4.69) is 65.0 Å². The normalized spacial score (nSPS) is 17.6. The van der Waals surface area contributed by atoms with Crippen LogP contribution < -0.4 is 0 Å². The maximum absolute atomic E-state index is 4.98. The second kappa shape index (κ2) is 4.37. The van der Waals surface area contributed by atoms with Crippen LogP contribution >= 0.6 is 0 Å². The van der Waals surface area contributed by atoms with Gasteiger partial charge in [-0.3, -0.25) is 9.97 Å². The van der Waals surface area contributed by atoms with Crippen LogP contribution in [0.5, 0.6) is 0 Å². The topological polar surface area (TPSA) is 25.8 Å². The Morgan fingerprint density at radius 2 is 1.48 bits per heavy atom. The van der Waals surface area contributed by atoms with Crippen LogP contribution in [0.3, 0.4) is 0 Å². The number of aryl methyl sites for hydroxylation is 1. The first-order valence-corrected chi connectivity index (χ1v) is 8.96. The molecule has 1 aromatic carbocycles. The maximum Gasteiger partial charge on any atom is 0.0752 e. The molecular formula is C23H22N2. The van der Waals surface area contributed by atoms with Crippen LogP contribution in [-0.2, 0) is 10.8 Å². The Morgan fingerprint density at radius 3 is 2.28 bits per heavy atom. The largest absolute Gasteiger partial charge is 0.256 e. The van der Waals surface area contributed by atoms with E-state index in [9.17, 15) is 0 Å². The summed E-state index contributed by atoms with van der Waals surface area (Å²) < 4.78 is 0. The minimum absolute atomic E-state index is 0.0152. The van der Waals surface area contributed by atoms with Crippen LogP contribution in [0.1, 0.15) is 55.6 Å². The van der Waals surface area contributed by atoms with Gasteiger partial charge in [-0.05, 0) is 41.3 Å². The van der Waals surface area contributed by atoms with E-state index in [4.69, 9.17) is 9.97 Å². The monoisotopic (exact) mass is 326 g/mol. The van der Waals surface area contributed by atoms with E-state index in [1.54, 1.807) is 0 Å². The Labute approximate surface area is 149 Å². The highest BCUT2D eigenvalue weighted by Crippen LogP contribution is 2.57. The van der Waals surface area contributed by atoms with Gasteiger partial charge in [-0.15, -0.1) is 0 Å². The molecular weight excluding hydrogens is 304 g/mol. The SMILES string of the molecule is Cc1ccc2c(n1)-c1c(ccc3c1C(C)(C)c1cccnc1-3)C2(C)C. The first kappa shape index (κ1) is 14.8. The molecule has 0 atom stereocenters. The molecule has 0 radical (unpaired) electrons. The summed E-state index contributed by atoms with van der Waals surface area (Å²) in [4.78, 5) is 9.69. The lowest BCUT2D eigenvalue weighted by Crippen LogP contribution is -2.18. The molecule has 0 spiro atoms. The highest BCUT2D eigenvalue weighted by molar-refractivity contribution is 5.91. The minimum atomic E-state index is -0.0621. The molecule has 2 aliphatic carbocycles. The molecule has 2 aliphatic rings. The van der Waals surface area contributed by atoms with E-state index in [0.717, 1.165) is 17.1 Å². The number of benzene rings is 1. The van der Waals surface area contributed by atoms with Crippen molar-refractivity contribution in [2.24, 2.45) is 0 Å². The quantitative estimate of drug-likeness (QED) is 0.553. The molecule has 0 amide bonds. The maximum atomic E-state index is 4.98. The van der Waals surface area contributed by atoms with E-state index in [0.29, 0.717) is 0 Å². The average molecular weight is 326 g/mol. The van der Waals surface area contributed by atoms with Crippen molar-refractivity contribution in [3.63, 3.8) is 0 Å². The molecule has 2 heterocycles. The number of pyridine rings is 2. The fourth-order valence-corrected chi connectivity index (χ4v) is 4.87. The second-order valence-corrected chi connectivity index (χ2v) is 8.41. The van der Waals surface area contributed by atoms with Gasteiger partial charge >= 0.3 is 0 Å². The zero-order valence-electron chi connectivity index (χ0n) is 15.4. The van der Waals surface area contributed by atoms with Gasteiger partial charge in [0.2, 0.25) is 0 Å². The summed E-state index contributed by atoms with van der Waals surface area (Å²) in [5, 5.41) is 0. The molecule has 5 rings (SSSR count). The number of rotatable bonds is 0. The Kier molecular flexibility index (Phi) is 2.59.